The minimum Gasteiger partial charge on any atom is -0.497 e. The smallest absolute Gasteiger partial charge is 0.251 e. The van der Waals surface area contributed by atoms with Gasteiger partial charge in [0.25, 0.3) is 5.91 Å². The quantitative estimate of drug-likeness (QED) is 0.792. The predicted molar refractivity (Wildman–Crippen MR) is 97.5 cm³/mol. The molecule has 1 amide bonds. The molecule has 0 aromatic heterocycles. The van der Waals surface area contributed by atoms with Crippen molar-refractivity contribution in [2.24, 2.45) is 0 Å². The van der Waals surface area contributed by atoms with Crippen LogP contribution >= 0.6 is 0 Å². The molecule has 0 unspecified atom stereocenters. The van der Waals surface area contributed by atoms with Crippen LogP contribution in [0, 0.1) is 0 Å². The molecule has 1 N–H and O–H groups in total. The molecule has 0 spiro atoms. The molecular weight excluding hydrogens is 318 g/mol. The fourth-order valence-electron chi connectivity index (χ4n) is 2.29. The topological polar surface area (TPSA) is 56.8 Å². The van der Waals surface area contributed by atoms with Crippen molar-refractivity contribution in [2.75, 3.05) is 14.2 Å². The first kappa shape index (κ1) is 18.6. The van der Waals surface area contributed by atoms with Crippen molar-refractivity contribution >= 4 is 5.91 Å². The van der Waals surface area contributed by atoms with Gasteiger partial charge in [0, 0.05) is 23.2 Å². The van der Waals surface area contributed by atoms with Crippen LogP contribution in [0.15, 0.2) is 42.5 Å². The number of methoxy groups -OCH3 is 2. The molecule has 0 radical (unpaired) electrons. The van der Waals surface area contributed by atoms with Crippen molar-refractivity contribution in [1.82, 2.24) is 5.32 Å². The van der Waals surface area contributed by atoms with Gasteiger partial charge < -0.3 is 19.5 Å². The lowest BCUT2D eigenvalue weighted by molar-refractivity contribution is 0.0939. The van der Waals surface area contributed by atoms with Crippen molar-refractivity contribution in [1.29, 1.82) is 0 Å². The average molecular weight is 343 g/mol. The third-order valence-electron chi connectivity index (χ3n) is 3.97. The molecule has 0 aliphatic heterocycles. The summed E-state index contributed by atoms with van der Waals surface area (Å²) in [6.07, 6.45) is 0.883. The van der Waals surface area contributed by atoms with Gasteiger partial charge in [0.2, 0.25) is 0 Å². The van der Waals surface area contributed by atoms with Crippen LogP contribution in [0.4, 0.5) is 0 Å². The van der Waals surface area contributed by atoms with E-state index in [9.17, 15) is 4.79 Å². The molecule has 1 atom stereocenters. The van der Waals surface area contributed by atoms with E-state index in [1.54, 1.807) is 32.4 Å². The van der Waals surface area contributed by atoms with Gasteiger partial charge in [0.05, 0.1) is 14.2 Å². The molecule has 2 rings (SSSR count). The average Bonchev–Trinajstić information content (AvgIpc) is 2.66. The Morgan fingerprint density at radius 1 is 1.08 bits per heavy atom. The molecule has 0 fully saturated rings. The van der Waals surface area contributed by atoms with Crippen LogP contribution in [-0.2, 0) is 6.61 Å². The summed E-state index contributed by atoms with van der Waals surface area (Å²) in [4.78, 5) is 12.3. The van der Waals surface area contributed by atoms with Gasteiger partial charge in [-0.25, -0.2) is 0 Å². The Morgan fingerprint density at radius 2 is 1.84 bits per heavy atom. The molecule has 0 bridgehead atoms. The zero-order valence-electron chi connectivity index (χ0n) is 15.2. The zero-order chi connectivity index (χ0) is 18.2. The van der Waals surface area contributed by atoms with Crippen molar-refractivity contribution in [3.63, 3.8) is 0 Å². The van der Waals surface area contributed by atoms with E-state index >= 15 is 0 Å². The van der Waals surface area contributed by atoms with E-state index in [4.69, 9.17) is 14.2 Å². The lowest BCUT2D eigenvalue weighted by atomic mass is 10.1. The second kappa shape index (κ2) is 8.97. The number of carbonyl (C=O) groups excluding carboxylic acids is 1. The van der Waals surface area contributed by atoms with Gasteiger partial charge in [0.15, 0.2) is 0 Å². The van der Waals surface area contributed by atoms with Crippen LogP contribution < -0.4 is 19.5 Å². The van der Waals surface area contributed by atoms with E-state index in [-0.39, 0.29) is 11.9 Å². The van der Waals surface area contributed by atoms with Crippen molar-refractivity contribution in [3.05, 3.63) is 53.6 Å². The molecule has 0 saturated heterocycles. The van der Waals surface area contributed by atoms with Crippen LogP contribution in [0.3, 0.4) is 0 Å². The molecule has 0 heterocycles. The summed E-state index contributed by atoms with van der Waals surface area (Å²) in [5.41, 5.74) is 1.40. The number of hydrogen-bond donors (Lipinski definition) is 1. The van der Waals surface area contributed by atoms with E-state index in [1.807, 2.05) is 38.1 Å². The van der Waals surface area contributed by atoms with E-state index in [0.29, 0.717) is 23.7 Å². The third-order valence-corrected chi connectivity index (χ3v) is 3.97. The van der Waals surface area contributed by atoms with E-state index in [2.05, 4.69) is 5.32 Å². The highest BCUT2D eigenvalue weighted by Crippen LogP contribution is 2.24. The van der Waals surface area contributed by atoms with Crippen molar-refractivity contribution < 1.29 is 19.0 Å². The van der Waals surface area contributed by atoms with Crippen molar-refractivity contribution in [3.8, 4) is 17.2 Å². The number of ether oxygens (including phenoxy) is 3. The SMILES string of the molecule is CC[C@H](C)NC(=O)c1ccc(OC)c(COc2cccc(OC)c2)c1. The van der Waals surface area contributed by atoms with Gasteiger partial charge >= 0.3 is 0 Å². The first-order valence-corrected chi connectivity index (χ1v) is 8.32. The van der Waals surface area contributed by atoms with E-state index in [1.165, 1.54) is 0 Å². The van der Waals surface area contributed by atoms with Gasteiger partial charge in [-0.2, -0.15) is 0 Å². The second-order valence-electron chi connectivity index (χ2n) is 5.78. The van der Waals surface area contributed by atoms with E-state index in [0.717, 1.165) is 17.7 Å². The predicted octanol–water partition coefficient (Wildman–Crippen LogP) is 3.81. The molecule has 0 aliphatic rings. The Kier molecular flexibility index (Phi) is 6.69. The Hall–Kier alpha value is -2.69. The molecule has 5 heteroatoms. The van der Waals surface area contributed by atoms with Crippen molar-refractivity contribution in [2.45, 2.75) is 32.9 Å². The molecular formula is C20H25NO4. The lowest BCUT2D eigenvalue weighted by Gasteiger charge is -2.14. The maximum absolute atomic E-state index is 12.3. The molecule has 0 saturated carbocycles. The maximum Gasteiger partial charge on any atom is 0.251 e. The number of nitrogens with one attached hydrogen (secondary N) is 1. The highest BCUT2D eigenvalue weighted by molar-refractivity contribution is 5.94. The fourth-order valence-corrected chi connectivity index (χ4v) is 2.29. The van der Waals surface area contributed by atoms with Crippen LogP contribution in [0.25, 0.3) is 0 Å². The number of rotatable bonds is 8. The summed E-state index contributed by atoms with van der Waals surface area (Å²) in [5.74, 6) is 2.00. The summed E-state index contributed by atoms with van der Waals surface area (Å²) in [5, 5.41) is 2.96. The van der Waals surface area contributed by atoms with Gasteiger partial charge in [-0.05, 0) is 43.7 Å². The zero-order valence-corrected chi connectivity index (χ0v) is 15.2. The Morgan fingerprint density at radius 3 is 2.52 bits per heavy atom. The first-order valence-electron chi connectivity index (χ1n) is 8.32. The monoisotopic (exact) mass is 343 g/mol. The second-order valence-corrected chi connectivity index (χ2v) is 5.78. The van der Waals surface area contributed by atoms with Gasteiger partial charge in [-0.15, -0.1) is 0 Å². The first-order chi connectivity index (χ1) is 12.1. The summed E-state index contributed by atoms with van der Waals surface area (Å²) in [7, 11) is 3.21. The number of amides is 1. The van der Waals surface area contributed by atoms with Gasteiger partial charge in [-0.1, -0.05) is 13.0 Å². The van der Waals surface area contributed by atoms with Crippen LogP contribution in [-0.4, -0.2) is 26.2 Å². The highest BCUT2D eigenvalue weighted by atomic mass is 16.5. The number of carbonyl (C=O) groups is 1. The molecule has 25 heavy (non-hydrogen) atoms. The summed E-state index contributed by atoms with van der Waals surface area (Å²) in [6.45, 7) is 4.31. The fraction of sp³-hybridized carbons (Fsp3) is 0.350. The Bertz CT molecular complexity index is 715. The normalized spacial score (nSPS) is 11.5. The van der Waals surface area contributed by atoms with Crippen LogP contribution in [0.1, 0.15) is 36.2 Å². The van der Waals surface area contributed by atoms with Gasteiger partial charge in [0.1, 0.15) is 23.9 Å². The molecule has 2 aromatic carbocycles. The van der Waals surface area contributed by atoms with E-state index < -0.39 is 0 Å². The third kappa shape index (κ3) is 5.14. The summed E-state index contributed by atoms with van der Waals surface area (Å²) in [6, 6.07) is 12.9. The van der Waals surface area contributed by atoms with Gasteiger partial charge in [-0.3, -0.25) is 4.79 Å². The molecule has 0 aliphatic carbocycles. The Labute approximate surface area is 148 Å². The van der Waals surface area contributed by atoms with Crippen LogP contribution in [0.5, 0.6) is 17.2 Å². The lowest BCUT2D eigenvalue weighted by Crippen LogP contribution is -2.31. The summed E-state index contributed by atoms with van der Waals surface area (Å²) < 4.78 is 16.4. The standard InChI is InChI=1S/C20H25NO4/c1-5-14(2)21-20(22)15-9-10-19(24-4)16(11-15)13-25-18-8-6-7-17(12-18)23-3/h6-12,14H,5,13H2,1-4H3,(H,21,22)/t14-/m0/s1. The molecule has 134 valence electrons. The maximum atomic E-state index is 12.3. The summed E-state index contributed by atoms with van der Waals surface area (Å²) >= 11 is 0. The van der Waals surface area contributed by atoms with Crippen LogP contribution in [0.2, 0.25) is 0 Å². The Balaban J connectivity index is 2.14. The molecule has 2 aromatic rings. The molecule has 5 nitrogen and oxygen atoms in total. The number of hydrogen-bond acceptors (Lipinski definition) is 4. The largest absolute Gasteiger partial charge is 0.497 e. The minimum absolute atomic E-state index is 0.0976. The number of benzene rings is 2. The minimum atomic E-state index is -0.0976. The highest BCUT2D eigenvalue weighted by Gasteiger charge is 2.12.